The molecule has 0 fully saturated rings. The molecule has 2 rings (SSSR count). The number of carbonyl (C=O) groups excluding carboxylic acids is 1. The Balaban J connectivity index is 2.08. The van der Waals surface area contributed by atoms with Crippen molar-refractivity contribution in [2.45, 2.75) is 26.4 Å². The van der Waals surface area contributed by atoms with E-state index < -0.39 is 5.60 Å². The molecule has 1 unspecified atom stereocenters. The average molecular weight is 260 g/mol. The number of aliphatic hydroxyl groups is 1. The zero-order valence-electron chi connectivity index (χ0n) is 11.5. The molecule has 1 heterocycles. The van der Waals surface area contributed by atoms with E-state index >= 15 is 0 Å². The van der Waals surface area contributed by atoms with Crippen molar-refractivity contribution >= 4 is 16.8 Å². The van der Waals surface area contributed by atoms with Gasteiger partial charge in [-0.05, 0) is 25.0 Å². The first kappa shape index (κ1) is 13.6. The number of H-pyrrole nitrogens is 1. The molecule has 19 heavy (non-hydrogen) atoms. The highest BCUT2D eigenvalue weighted by molar-refractivity contribution is 5.97. The van der Waals surface area contributed by atoms with E-state index in [1.54, 1.807) is 6.92 Å². The van der Waals surface area contributed by atoms with Crippen LogP contribution in [0.4, 0.5) is 0 Å². The maximum Gasteiger partial charge on any atom is 0.267 e. The van der Waals surface area contributed by atoms with Gasteiger partial charge in [0.15, 0.2) is 0 Å². The first-order chi connectivity index (χ1) is 8.90. The van der Waals surface area contributed by atoms with E-state index in [0.29, 0.717) is 5.69 Å². The Morgan fingerprint density at radius 2 is 2.11 bits per heavy atom. The summed E-state index contributed by atoms with van der Waals surface area (Å²) in [6.45, 7) is 5.81. The molecular formula is C15H20N2O2. The van der Waals surface area contributed by atoms with Crippen molar-refractivity contribution in [3.63, 3.8) is 0 Å². The molecule has 1 amide bonds. The van der Waals surface area contributed by atoms with Crippen LogP contribution in [0.15, 0.2) is 30.3 Å². The highest BCUT2D eigenvalue weighted by Gasteiger charge is 2.25. The van der Waals surface area contributed by atoms with E-state index in [4.69, 9.17) is 0 Å². The fourth-order valence-corrected chi connectivity index (χ4v) is 1.75. The van der Waals surface area contributed by atoms with Crippen LogP contribution in [0.25, 0.3) is 10.9 Å². The van der Waals surface area contributed by atoms with Crippen molar-refractivity contribution in [1.29, 1.82) is 0 Å². The van der Waals surface area contributed by atoms with Crippen molar-refractivity contribution in [2.24, 2.45) is 5.92 Å². The zero-order valence-corrected chi connectivity index (χ0v) is 11.5. The molecule has 3 N–H and O–H groups in total. The molecule has 0 bridgehead atoms. The fourth-order valence-electron chi connectivity index (χ4n) is 1.75. The van der Waals surface area contributed by atoms with Crippen molar-refractivity contribution in [1.82, 2.24) is 10.3 Å². The van der Waals surface area contributed by atoms with Gasteiger partial charge in [-0.25, -0.2) is 0 Å². The van der Waals surface area contributed by atoms with Crippen molar-refractivity contribution in [3.8, 4) is 0 Å². The lowest BCUT2D eigenvalue weighted by atomic mass is 9.92. The summed E-state index contributed by atoms with van der Waals surface area (Å²) in [5.74, 6) is -0.118. The molecule has 0 aliphatic rings. The smallest absolute Gasteiger partial charge is 0.267 e. The second-order valence-electron chi connectivity index (χ2n) is 5.46. The highest BCUT2D eigenvalue weighted by Crippen LogP contribution is 2.16. The van der Waals surface area contributed by atoms with Gasteiger partial charge in [0.2, 0.25) is 0 Å². The van der Waals surface area contributed by atoms with E-state index in [-0.39, 0.29) is 18.4 Å². The van der Waals surface area contributed by atoms with Crippen LogP contribution >= 0.6 is 0 Å². The van der Waals surface area contributed by atoms with Gasteiger partial charge in [0.1, 0.15) is 5.69 Å². The first-order valence-electron chi connectivity index (χ1n) is 6.48. The molecule has 102 valence electrons. The Kier molecular flexibility index (Phi) is 3.62. The molecule has 4 nitrogen and oxygen atoms in total. The van der Waals surface area contributed by atoms with Gasteiger partial charge in [-0.1, -0.05) is 32.0 Å². The second kappa shape index (κ2) is 5.05. The normalized spacial score (nSPS) is 14.6. The Hall–Kier alpha value is -1.81. The number of benzene rings is 1. The molecule has 2 aromatic rings. The molecular weight excluding hydrogens is 240 g/mol. The summed E-state index contributed by atoms with van der Waals surface area (Å²) >= 11 is 0. The molecule has 0 saturated heterocycles. The van der Waals surface area contributed by atoms with Crippen molar-refractivity contribution in [2.75, 3.05) is 6.54 Å². The predicted molar refractivity (Wildman–Crippen MR) is 76.1 cm³/mol. The van der Waals surface area contributed by atoms with Crippen LogP contribution in [0.2, 0.25) is 0 Å². The van der Waals surface area contributed by atoms with Crippen LogP contribution < -0.4 is 5.32 Å². The summed E-state index contributed by atoms with van der Waals surface area (Å²) in [5.41, 5.74) is 0.547. The number of fused-ring (bicyclic) bond motifs is 1. The number of hydrogen-bond donors (Lipinski definition) is 3. The predicted octanol–water partition coefficient (Wildman–Crippen LogP) is 2.30. The molecule has 0 spiro atoms. The lowest BCUT2D eigenvalue weighted by molar-refractivity contribution is 0.0142. The van der Waals surface area contributed by atoms with Crippen LogP contribution in [0, 0.1) is 5.92 Å². The lowest BCUT2D eigenvalue weighted by Crippen LogP contribution is -2.44. The van der Waals surface area contributed by atoms with Gasteiger partial charge >= 0.3 is 0 Å². The average Bonchev–Trinajstić information content (AvgIpc) is 2.79. The molecule has 1 aromatic heterocycles. The van der Waals surface area contributed by atoms with Gasteiger partial charge in [0.25, 0.3) is 5.91 Å². The number of rotatable bonds is 4. The second-order valence-corrected chi connectivity index (χ2v) is 5.46. The molecule has 0 saturated carbocycles. The third-order valence-electron chi connectivity index (χ3n) is 3.63. The van der Waals surface area contributed by atoms with Crippen LogP contribution in [0.3, 0.4) is 0 Å². The van der Waals surface area contributed by atoms with Gasteiger partial charge in [0, 0.05) is 17.4 Å². The minimum Gasteiger partial charge on any atom is -0.388 e. The maximum absolute atomic E-state index is 12.0. The SMILES string of the molecule is CC(C)C(C)(O)CNC(=O)c1cc2ccccc2[nH]1. The summed E-state index contributed by atoms with van der Waals surface area (Å²) in [7, 11) is 0. The van der Waals surface area contributed by atoms with Gasteiger partial charge in [-0.3, -0.25) is 4.79 Å². The quantitative estimate of drug-likeness (QED) is 0.789. The van der Waals surface area contributed by atoms with Crippen LogP contribution in [-0.2, 0) is 0 Å². The molecule has 0 aliphatic carbocycles. The maximum atomic E-state index is 12.0. The zero-order chi connectivity index (χ0) is 14.0. The van der Waals surface area contributed by atoms with Gasteiger partial charge in [-0.15, -0.1) is 0 Å². The standard InChI is InChI=1S/C15H20N2O2/c1-10(2)15(3,19)9-16-14(18)13-8-11-6-4-5-7-12(11)17-13/h4-8,10,17,19H,9H2,1-3H3,(H,16,18). The van der Waals surface area contributed by atoms with E-state index in [0.717, 1.165) is 10.9 Å². The topological polar surface area (TPSA) is 65.1 Å². The Labute approximate surface area is 112 Å². The molecule has 0 radical (unpaired) electrons. The van der Waals surface area contributed by atoms with E-state index in [1.807, 2.05) is 44.2 Å². The molecule has 4 heteroatoms. The number of nitrogens with one attached hydrogen (secondary N) is 2. The Morgan fingerprint density at radius 1 is 1.42 bits per heavy atom. The van der Waals surface area contributed by atoms with Gasteiger partial charge in [0.05, 0.1) is 5.60 Å². The van der Waals surface area contributed by atoms with Crippen molar-refractivity contribution in [3.05, 3.63) is 36.0 Å². The van der Waals surface area contributed by atoms with E-state index in [9.17, 15) is 9.90 Å². The number of para-hydroxylation sites is 1. The third kappa shape index (κ3) is 2.96. The Morgan fingerprint density at radius 3 is 2.74 bits per heavy atom. The monoisotopic (exact) mass is 260 g/mol. The minimum atomic E-state index is -0.901. The molecule has 0 aliphatic heterocycles. The van der Waals surface area contributed by atoms with Gasteiger partial charge < -0.3 is 15.4 Å². The number of amides is 1. The van der Waals surface area contributed by atoms with E-state index in [1.165, 1.54) is 0 Å². The minimum absolute atomic E-state index is 0.0792. The van der Waals surface area contributed by atoms with Crippen LogP contribution in [0.1, 0.15) is 31.3 Å². The molecule has 1 aromatic carbocycles. The Bertz CT molecular complexity index is 552. The summed E-state index contributed by atoms with van der Waals surface area (Å²) in [4.78, 5) is 15.1. The fraction of sp³-hybridized carbons (Fsp3) is 0.400. The summed E-state index contributed by atoms with van der Waals surface area (Å²) < 4.78 is 0. The number of hydrogen-bond acceptors (Lipinski definition) is 2. The highest BCUT2D eigenvalue weighted by atomic mass is 16.3. The number of aromatic nitrogens is 1. The summed E-state index contributed by atoms with van der Waals surface area (Å²) in [6, 6.07) is 9.55. The van der Waals surface area contributed by atoms with Crippen LogP contribution in [0.5, 0.6) is 0 Å². The number of aromatic amines is 1. The number of carbonyl (C=O) groups is 1. The van der Waals surface area contributed by atoms with Gasteiger partial charge in [-0.2, -0.15) is 0 Å². The summed E-state index contributed by atoms with van der Waals surface area (Å²) in [5, 5.41) is 13.9. The van der Waals surface area contributed by atoms with E-state index in [2.05, 4.69) is 10.3 Å². The summed E-state index contributed by atoms with van der Waals surface area (Å²) in [6.07, 6.45) is 0. The lowest BCUT2D eigenvalue weighted by Gasteiger charge is -2.27. The van der Waals surface area contributed by atoms with Crippen LogP contribution in [-0.4, -0.2) is 28.1 Å². The third-order valence-corrected chi connectivity index (χ3v) is 3.63. The first-order valence-corrected chi connectivity index (χ1v) is 6.48. The largest absolute Gasteiger partial charge is 0.388 e. The van der Waals surface area contributed by atoms with Crippen molar-refractivity contribution < 1.29 is 9.90 Å². The molecule has 1 atom stereocenters.